The molecule has 0 aromatic carbocycles. The Labute approximate surface area is 204 Å². The molecule has 0 amide bonds. The molecule has 34 heavy (non-hydrogen) atoms. The van der Waals surface area contributed by atoms with Crippen molar-refractivity contribution in [2.75, 3.05) is 56.9 Å². The van der Waals surface area contributed by atoms with Crippen LogP contribution >= 0.6 is 0 Å². The summed E-state index contributed by atoms with van der Waals surface area (Å²) in [5, 5.41) is 16.8. The number of aliphatic hydroxyl groups excluding tert-OH is 1. The summed E-state index contributed by atoms with van der Waals surface area (Å²) >= 11 is 0. The molecule has 0 unspecified atom stereocenters. The first-order valence-corrected chi connectivity index (χ1v) is 13.0. The quantitative estimate of drug-likeness (QED) is 0.459. The Balaban J connectivity index is 1.44. The van der Waals surface area contributed by atoms with E-state index in [1.165, 1.54) is 5.56 Å². The molecule has 1 aliphatic carbocycles. The molecule has 0 atom stereocenters. The summed E-state index contributed by atoms with van der Waals surface area (Å²) in [5.74, 6) is 1.48. The second-order valence-electron chi connectivity index (χ2n) is 9.83. The fourth-order valence-corrected chi connectivity index (χ4v) is 4.65. The van der Waals surface area contributed by atoms with Crippen LogP contribution in [0.4, 0.5) is 11.8 Å². The molecule has 2 fully saturated rings. The van der Waals surface area contributed by atoms with E-state index in [0.717, 1.165) is 101 Å². The SMILES string of the molecule is CCCCNc1ncc(-c2ccc(CCN3CCN(C)CC3)cn2)c(N[C@H]2CC[C@H](O)CC2)n1. The highest BCUT2D eigenvalue weighted by Crippen LogP contribution is 2.29. The van der Waals surface area contributed by atoms with Gasteiger partial charge >= 0.3 is 0 Å². The van der Waals surface area contributed by atoms with E-state index in [0.29, 0.717) is 12.0 Å². The summed E-state index contributed by atoms with van der Waals surface area (Å²) in [5.41, 5.74) is 3.08. The van der Waals surface area contributed by atoms with Gasteiger partial charge < -0.3 is 25.5 Å². The van der Waals surface area contributed by atoms with Crippen LogP contribution in [0, 0.1) is 0 Å². The van der Waals surface area contributed by atoms with Gasteiger partial charge in [0, 0.05) is 57.7 Å². The van der Waals surface area contributed by atoms with Gasteiger partial charge in [-0.05, 0) is 57.2 Å². The van der Waals surface area contributed by atoms with Crippen LogP contribution in [0.25, 0.3) is 11.3 Å². The normalized spacial score (nSPS) is 22.0. The van der Waals surface area contributed by atoms with Gasteiger partial charge in [-0.1, -0.05) is 19.4 Å². The van der Waals surface area contributed by atoms with E-state index in [1.807, 2.05) is 12.4 Å². The van der Waals surface area contributed by atoms with Crippen LogP contribution in [0.3, 0.4) is 0 Å². The number of unbranched alkanes of at least 4 members (excludes halogenated alkanes) is 1. The van der Waals surface area contributed by atoms with Crippen LogP contribution in [0.1, 0.15) is 51.0 Å². The highest BCUT2D eigenvalue weighted by Gasteiger charge is 2.21. The van der Waals surface area contributed by atoms with E-state index in [4.69, 9.17) is 9.97 Å². The van der Waals surface area contributed by atoms with Crippen molar-refractivity contribution in [2.45, 2.75) is 64.0 Å². The van der Waals surface area contributed by atoms with E-state index in [9.17, 15) is 5.11 Å². The number of anilines is 2. The summed E-state index contributed by atoms with van der Waals surface area (Å²) in [6, 6.07) is 4.59. The van der Waals surface area contributed by atoms with Crippen molar-refractivity contribution in [3.05, 3.63) is 30.1 Å². The summed E-state index contributed by atoms with van der Waals surface area (Å²) in [7, 11) is 2.19. The number of aliphatic hydroxyl groups is 1. The van der Waals surface area contributed by atoms with Gasteiger partial charge in [0.2, 0.25) is 5.95 Å². The Kier molecular flexibility index (Phi) is 9.07. The molecule has 4 rings (SSSR count). The lowest BCUT2D eigenvalue weighted by atomic mass is 9.93. The molecule has 0 radical (unpaired) electrons. The van der Waals surface area contributed by atoms with Gasteiger partial charge in [0.05, 0.1) is 17.4 Å². The Bertz CT molecular complexity index is 875. The first-order chi connectivity index (χ1) is 16.6. The van der Waals surface area contributed by atoms with Gasteiger partial charge in [-0.25, -0.2) is 4.98 Å². The molecular weight excluding hydrogens is 426 g/mol. The first-order valence-electron chi connectivity index (χ1n) is 13.0. The molecule has 1 saturated carbocycles. The molecule has 2 aromatic rings. The maximum Gasteiger partial charge on any atom is 0.224 e. The molecule has 0 bridgehead atoms. The standard InChI is InChI=1S/C26H41N7O/c1-3-4-12-27-26-29-19-23(25(31-26)30-21-6-8-22(34)9-7-21)24-10-5-20(18-28-24)11-13-33-16-14-32(2)15-17-33/h5,10,18-19,21-22,34H,3-4,6-9,11-17H2,1-2H3,(H2,27,29,30,31)/t21-,22-. The molecule has 8 heteroatoms. The molecule has 3 N–H and O–H groups in total. The number of nitrogens with one attached hydrogen (secondary N) is 2. The molecule has 3 heterocycles. The second kappa shape index (κ2) is 12.4. The van der Waals surface area contributed by atoms with Gasteiger partial charge in [-0.15, -0.1) is 0 Å². The van der Waals surface area contributed by atoms with Gasteiger partial charge in [-0.3, -0.25) is 4.98 Å². The van der Waals surface area contributed by atoms with Crippen molar-refractivity contribution in [1.82, 2.24) is 24.8 Å². The summed E-state index contributed by atoms with van der Waals surface area (Å²) < 4.78 is 0. The van der Waals surface area contributed by atoms with Crippen molar-refractivity contribution in [3.63, 3.8) is 0 Å². The summed E-state index contributed by atoms with van der Waals surface area (Å²) in [6.45, 7) is 8.71. The van der Waals surface area contributed by atoms with Crippen molar-refractivity contribution >= 4 is 11.8 Å². The minimum atomic E-state index is -0.172. The van der Waals surface area contributed by atoms with Crippen molar-refractivity contribution in [3.8, 4) is 11.3 Å². The third kappa shape index (κ3) is 7.10. The Morgan fingerprint density at radius 2 is 1.82 bits per heavy atom. The number of hydrogen-bond acceptors (Lipinski definition) is 8. The van der Waals surface area contributed by atoms with Crippen LogP contribution in [0.5, 0.6) is 0 Å². The molecule has 2 aromatic heterocycles. The van der Waals surface area contributed by atoms with Gasteiger partial charge in [0.25, 0.3) is 0 Å². The second-order valence-corrected chi connectivity index (χ2v) is 9.83. The Morgan fingerprint density at radius 3 is 2.53 bits per heavy atom. The highest BCUT2D eigenvalue weighted by molar-refractivity contribution is 5.73. The third-order valence-electron chi connectivity index (χ3n) is 7.05. The Morgan fingerprint density at radius 1 is 1.03 bits per heavy atom. The predicted octanol–water partition coefficient (Wildman–Crippen LogP) is 3.26. The molecular formula is C26H41N7O. The summed E-state index contributed by atoms with van der Waals surface area (Å²) in [4.78, 5) is 19.1. The van der Waals surface area contributed by atoms with Crippen LogP contribution in [0.2, 0.25) is 0 Å². The number of rotatable bonds is 10. The van der Waals surface area contributed by atoms with Crippen molar-refractivity contribution in [1.29, 1.82) is 0 Å². The summed E-state index contributed by atoms with van der Waals surface area (Å²) in [6.07, 6.45) is 10.5. The fraction of sp³-hybridized carbons (Fsp3) is 0.654. The zero-order chi connectivity index (χ0) is 23.8. The Hall–Kier alpha value is -2.29. The average Bonchev–Trinajstić information content (AvgIpc) is 2.86. The average molecular weight is 468 g/mol. The number of pyridine rings is 1. The van der Waals surface area contributed by atoms with Crippen molar-refractivity contribution < 1.29 is 5.11 Å². The van der Waals surface area contributed by atoms with Crippen LogP contribution in [0.15, 0.2) is 24.5 Å². The van der Waals surface area contributed by atoms with E-state index < -0.39 is 0 Å². The minimum Gasteiger partial charge on any atom is -0.393 e. The van der Waals surface area contributed by atoms with Crippen LogP contribution < -0.4 is 10.6 Å². The van der Waals surface area contributed by atoms with E-state index in [-0.39, 0.29) is 6.10 Å². The number of likely N-dealkylation sites (N-methyl/N-ethyl adjacent to an activating group) is 1. The van der Waals surface area contributed by atoms with Gasteiger partial charge in [-0.2, -0.15) is 4.98 Å². The number of aromatic nitrogens is 3. The first kappa shape index (κ1) is 24.8. The monoisotopic (exact) mass is 467 g/mol. The maximum atomic E-state index is 9.88. The molecule has 8 nitrogen and oxygen atoms in total. The topological polar surface area (TPSA) is 89.4 Å². The lowest BCUT2D eigenvalue weighted by Crippen LogP contribution is -2.45. The minimum absolute atomic E-state index is 0.172. The molecule has 186 valence electrons. The molecule has 1 aliphatic heterocycles. The van der Waals surface area contributed by atoms with E-state index in [1.54, 1.807) is 0 Å². The van der Waals surface area contributed by atoms with Crippen LogP contribution in [-0.2, 0) is 6.42 Å². The lowest BCUT2D eigenvalue weighted by Gasteiger charge is -2.32. The smallest absolute Gasteiger partial charge is 0.224 e. The van der Waals surface area contributed by atoms with E-state index in [2.05, 4.69) is 51.5 Å². The van der Waals surface area contributed by atoms with E-state index >= 15 is 0 Å². The van der Waals surface area contributed by atoms with Gasteiger partial charge in [0.15, 0.2) is 0 Å². The zero-order valence-electron chi connectivity index (χ0n) is 20.8. The lowest BCUT2D eigenvalue weighted by molar-refractivity contribution is 0.126. The zero-order valence-corrected chi connectivity index (χ0v) is 20.8. The fourth-order valence-electron chi connectivity index (χ4n) is 4.65. The molecule has 0 spiro atoms. The number of piperazine rings is 1. The number of nitrogens with zero attached hydrogens (tertiary/aromatic N) is 5. The third-order valence-corrected chi connectivity index (χ3v) is 7.05. The van der Waals surface area contributed by atoms with Gasteiger partial charge in [0.1, 0.15) is 5.82 Å². The van der Waals surface area contributed by atoms with Crippen molar-refractivity contribution in [2.24, 2.45) is 0 Å². The van der Waals surface area contributed by atoms with Crippen LogP contribution in [-0.4, -0.2) is 88.3 Å². The predicted molar refractivity (Wildman–Crippen MR) is 138 cm³/mol. The maximum absolute atomic E-state index is 9.88. The largest absolute Gasteiger partial charge is 0.393 e. The molecule has 1 saturated heterocycles. The molecule has 2 aliphatic rings. The number of hydrogen-bond donors (Lipinski definition) is 3. The highest BCUT2D eigenvalue weighted by atomic mass is 16.3.